The van der Waals surface area contributed by atoms with Gasteiger partial charge in [-0.2, -0.15) is 0 Å². The van der Waals surface area contributed by atoms with Gasteiger partial charge in [0.25, 0.3) is 5.91 Å². The van der Waals surface area contributed by atoms with Crippen LogP contribution in [0.25, 0.3) is 0 Å². The molecule has 0 aliphatic carbocycles. The first-order chi connectivity index (χ1) is 10.2. The van der Waals surface area contributed by atoms with E-state index in [1.165, 1.54) is 0 Å². The predicted octanol–water partition coefficient (Wildman–Crippen LogP) is 3.55. The average Bonchev–Trinajstić information content (AvgIpc) is 3.20. The number of carbonyl (C=O) groups is 1. The molecule has 1 aromatic carbocycles. The van der Waals surface area contributed by atoms with E-state index in [0.29, 0.717) is 0 Å². The smallest absolute Gasteiger partial charge is 0.253 e. The highest BCUT2D eigenvalue weighted by Gasteiger charge is 2.19. The molecular weight excluding hydrogens is 282 g/mol. The summed E-state index contributed by atoms with van der Waals surface area (Å²) in [7, 11) is 0. The molecular formula is C16H19N3OS. The quantitative estimate of drug-likeness (QED) is 0.939. The second kappa shape index (κ2) is 6.26. The normalized spacial score (nSPS) is 16.0. The van der Waals surface area contributed by atoms with E-state index in [1.807, 2.05) is 40.7 Å². The number of rotatable bonds is 4. The third-order valence-corrected chi connectivity index (χ3v) is 4.67. The Bertz CT molecular complexity index is 606. The minimum absolute atomic E-state index is 0.137. The van der Waals surface area contributed by atoms with Crippen LogP contribution in [0.5, 0.6) is 0 Å². The highest BCUT2D eigenvalue weighted by molar-refractivity contribution is 7.09. The molecule has 3 rings (SSSR count). The fourth-order valence-electron chi connectivity index (χ4n) is 2.60. The Hall–Kier alpha value is -1.88. The average molecular weight is 301 g/mol. The van der Waals surface area contributed by atoms with Crippen LogP contribution in [-0.2, 0) is 0 Å². The Labute approximate surface area is 128 Å². The third kappa shape index (κ3) is 3.24. The van der Waals surface area contributed by atoms with E-state index in [-0.39, 0.29) is 11.9 Å². The molecule has 4 nitrogen and oxygen atoms in total. The number of nitrogens with one attached hydrogen (secondary N) is 1. The summed E-state index contributed by atoms with van der Waals surface area (Å²) >= 11 is 1.63. The standard InChI is InChI=1S/C16H19N3OS/c1-12(15-17-7-10-21-15)18-14-6-4-5-13(11-14)16(20)19-8-2-3-9-19/h4-7,10-12,18H,2-3,8-9H2,1H3/t12-/m1/s1. The zero-order valence-corrected chi connectivity index (χ0v) is 12.9. The lowest BCUT2D eigenvalue weighted by Gasteiger charge is -2.17. The highest BCUT2D eigenvalue weighted by Crippen LogP contribution is 2.22. The van der Waals surface area contributed by atoms with E-state index in [2.05, 4.69) is 17.2 Å². The Morgan fingerprint density at radius 1 is 1.38 bits per heavy atom. The number of likely N-dealkylation sites (tertiary alicyclic amines) is 1. The molecule has 1 N–H and O–H groups in total. The molecule has 0 bridgehead atoms. The first-order valence-electron chi connectivity index (χ1n) is 7.29. The summed E-state index contributed by atoms with van der Waals surface area (Å²) in [6.07, 6.45) is 4.04. The third-order valence-electron chi connectivity index (χ3n) is 3.71. The number of aromatic nitrogens is 1. The first kappa shape index (κ1) is 14.1. The second-order valence-electron chi connectivity index (χ2n) is 5.32. The van der Waals surface area contributed by atoms with Crippen molar-refractivity contribution in [2.45, 2.75) is 25.8 Å². The number of carbonyl (C=O) groups excluding carboxylic acids is 1. The largest absolute Gasteiger partial charge is 0.376 e. The number of thiazole rings is 1. The van der Waals surface area contributed by atoms with Crippen LogP contribution in [0.15, 0.2) is 35.8 Å². The lowest BCUT2D eigenvalue weighted by atomic mass is 10.1. The maximum absolute atomic E-state index is 12.4. The molecule has 0 spiro atoms. The minimum Gasteiger partial charge on any atom is -0.376 e. The van der Waals surface area contributed by atoms with Gasteiger partial charge in [0, 0.05) is 35.9 Å². The Morgan fingerprint density at radius 3 is 2.90 bits per heavy atom. The molecule has 110 valence electrons. The number of hydrogen-bond acceptors (Lipinski definition) is 4. The van der Waals surface area contributed by atoms with Crippen molar-refractivity contribution in [3.63, 3.8) is 0 Å². The van der Waals surface area contributed by atoms with Crippen LogP contribution in [-0.4, -0.2) is 28.9 Å². The van der Waals surface area contributed by atoms with Crippen molar-refractivity contribution in [2.75, 3.05) is 18.4 Å². The number of nitrogens with zero attached hydrogens (tertiary/aromatic N) is 2. The molecule has 5 heteroatoms. The zero-order chi connectivity index (χ0) is 14.7. The Morgan fingerprint density at radius 2 is 2.19 bits per heavy atom. The molecule has 1 amide bonds. The maximum Gasteiger partial charge on any atom is 0.253 e. The number of amides is 1. The van der Waals surface area contributed by atoms with E-state index in [0.717, 1.165) is 42.2 Å². The van der Waals surface area contributed by atoms with Crippen molar-refractivity contribution < 1.29 is 4.79 Å². The highest BCUT2D eigenvalue weighted by atomic mass is 32.1. The fourth-order valence-corrected chi connectivity index (χ4v) is 3.25. The van der Waals surface area contributed by atoms with Gasteiger partial charge in [-0.3, -0.25) is 4.79 Å². The van der Waals surface area contributed by atoms with Crippen molar-refractivity contribution in [3.05, 3.63) is 46.4 Å². The van der Waals surface area contributed by atoms with Gasteiger partial charge in [0.2, 0.25) is 0 Å². The van der Waals surface area contributed by atoms with Crippen LogP contribution in [0.4, 0.5) is 5.69 Å². The SMILES string of the molecule is C[C@@H](Nc1cccc(C(=O)N2CCCC2)c1)c1nccs1. The second-order valence-corrected chi connectivity index (χ2v) is 6.24. The molecule has 0 saturated carbocycles. The van der Waals surface area contributed by atoms with Gasteiger partial charge in [-0.15, -0.1) is 11.3 Å². The summed E-state index contributed by atoms with van der Waals surface area (Å²) < 4.78 is 0. The van der Waals surface area contributed by atoms with Crippen LogP contribution >= 0.6 is 11.3 Å². The summed E-state index contributed by atoms with van der Waals surface area (Å²) in [6.45, 7) is 3.84. The fraction of sp³-hybridized carbons (Fsp3) is 0.375. The van der Waals surface area contributed by atoms with Crippen molar-refractivity contribution in [1.82, 2.24) is 9.88 Å². The van der Waals surface area contributed by atoms with Gasteiger partial charge in [-0.05, 0) is 38.0 Å². The van der Waals surface area contributed by atoms with E-state index >= 15 is 0 Å². The molecule has 21 heavy (non-hydrogen) atoms. The summed E-state index contributed by atoms with van der Waals surface area (Å²) in [6, 6.07) is 7.89. The molecule has 2 aromatic rings. The van der Waals surface area contributed by atoms with Crippen LogP contribution in [0.3, 0.4) is 0 Å². The van der Waals surface area contributed by atoms with E-state index in [4.69, 9.17) is 0 Å². The van der Waals surface area contributed by atoms with Gasteiger partial charge in [-0.25, -0.2) is 4.98 Å². The number of hydrogen-bond donors (Lipinski definition) is 1. The zero-order valence-electron chi connectivity index (χ0n) is 12.1. The predicted molar refractivity (Wildman–Crippen MR) is 85.7 cm³/mol. The minimum atomic E-state index is 0.137. The summed E-state index contributed by atoms with van der Waals surface area (Å²) in [5.41, 5.74) is 1.72. The summed E-state index contributed by atoms with van der Waals surface area (Å²) in [5.74, 6) is 0.137. The maximum atomic E-state index is 12.4. The van der Waals surface area contributed by atoms with Crippen molar-refractivity contribution >= 4 is 22.9 Å². The monoisotopic (exact) mass is 301 g/mol. The van der Waals surface area contributed by atoms with Crippen LogP contribution in [0.1, 0.15) is 41.2 Å². The molecule has 1 aliphatic heterocycles. The molecule has 1 fully saturated rings. The lowest BCUT2D eigenvalue weighted by Crippen LogP contribution is -2.27. The molecule has 1 aliphatic rings. The first-order valence-corrected chi connectivity index (χ1v) is 8.17. The van der Waals surface area contributed by atoms with Crippen molar-refractivity contribution in [1.29, 1.82) is 0 Å². The summed E-state index contributed by atoms with van der Waals surface area (Å²) in [4.78, 5) is 18.6. The van der Waals surface area contributed by atoms with E-state index in [9.17, 15) is 4.79 Å². The van der Waals surface area contributed by atoms with Crippen LogP contribution in [0.2, 0.25) is 0 Å². The van der Waals surface area contributed by atoms with Gasteiger partial charge in [0.1, 0.15) is 5.01 Å². The van der Waals surface area contributed by atoms with Gasteiger partial charge >= 0.3 is 0 Å². The van der Waals surface area contributed by atoms with Crippen molar-refractivity contribution in [2.24, 2.45) is 0 Å². The van der Waals surface area contributed by atoms with Gasteiger partial charge < -0.3 is 10.2 Å². The Kier molecular flexibility index (Phi) is 4.20. The Balaban J connectivity index is 1.72. The molecule has 0 unspecified atom stereocenters. The molecule has 1 atom stereocenters. The van der Waals surface area contributed by atoms with Crippen molar-refractivity contribution in [3.8, 4) is 0 Å². The van der Waals surface area contributed by atoms with Crippen LogP contribution < -0.4 is 5.32 Å². The lowest BCUT2D eigenvalue weighted by molar-refractivity contribution is 0.0793. The number of benzene rings is 1. The van der Waals surface area contributed by atoms with E-state index in [1.54, 1.807) is 11.3 Å². The van der Waals surface area contributed by atoms with Gasteiger partial charge in [-0.1, -0.05) is 6.07 Å². The topological polar surface area (TPSA) is 45.2 Å². The molecule has 2 heterocycles. The van der Waals surface area contributed by atoms with Gasteiger partial charge in [0.15, 0.2) is 0 Å². The molecule has 0 radical (unpaired) electrons. The van der Waals surface area contributed by atoms with Gasteiger partial charge in [0.05, 0.1) is 6.04 Å². The summed E-state index contributed by atoms with van der Waals surface area (Å²) in [5, 5.41) is 6.43. The number of anilines is 1. The van der Waals surface area contributed by atoms with E-state index < -0.39 is 0 Å². The van der Waals surface area contributed by atoms with Crippen LogP contribution in [0, 0.1) is 0 Å². The molecule has 1 aromatic heterocycles. The molecule has 1 saturated heterocycles.